The number of rotatable bonds is 8. The lowest BCUT2D eigenvalue weighted by atomic mass is 10.1. The van der Waals surface area contributed by atoms with Crippen LogP contribution in [0.15, 0.2) is 41.4 Å². The molecule has 1 aromatic carbocycles. The Morgan fingerprint density at radius 3 is 2.68 bits per heavy atom. The second-order valence-electron chi connectivity index (χ2n) is 6.51. The molecule has 25 heavy (non-hydrogen) atoms. The number of aliphatic imine (C=N–C) groups is 1. The Morgan fingerprint density at radius 1 is 1.24 bits per heavy atom. The summed E-state index contributed by atoms with van der Waals surface area (Å²) in [4.78, 5) is 6.71. The van der Waals surface area contributed by atoms with Crippen LogP contribution in [0.5, 0.6) is 0 Å². The van der Waals surface area contributed by atoms with Gasteiger partial charge >= 0.3 is 0 Å². The maximum Gasteiger partial charge on any atom is 0.191 e. The van der Waals surface area contributed by atoms with Crippen LogP contribution in [0.3, 0.4) is 0 Å². The maximum absolute atomic E-state index is 4.35. The van der Waals surface area contributed by atoms with Gasteiger partial charge in [-0.25, -0.2) is 0 Å². The van der Waals surface area contributed by atoms with E-state index in [1.807, 2.05) is 7.05 Å². The Morgan fingerprint density at radius 2 is 2.00 bits per heavy atom. The first-order valence-corrected chi connectivity index (χ1v) is 9.19. The number of nitrogens with zero attached hydrogens (tertiary/aromatic N) is 2. The number of guanidine groups is 1. The third-order valence-corrected chi connectivity index (χ3v) is 4.40. The van der Waals surface area contributed by atoms with Crippen LogP contribution in [0.4, 0.5) is 5.69 Å². The van der Waals surface area contributed by atoms with E-state index in [0.29, 0.717) is 6.04 Å². The van der Waals surface area contributed by atoms with Crippen molar-refractivity contribution in [1.29, 1.82) is 0 Å². The zero-order chi connectivity index (χ0) is 17.2. The second kappa shape index (κ2) is 12.2. The molecule has 0 saturated carbocycles. The van der Waals surface area contributed by atoms with Gasteiger partial charge in [0.25, 0.3) is 0 Å². The molecule has 2 rings (SSSR count). The van der Waals surface area contributed by atoms with Gasteiger partial charge in [0.1, 0.15) is 0 Å². The highest BCUT2D eigenvalue weighted by atomic mass is 127. The van der Waals surface area contributed by atoms with Gasteiger partial charge in [0.05, 0.1) is 0 Å². The topological polar surface area (TPSA) is 39.7 Å². The van der Waals surface area contributed by atoms with Gasteiger partial charge in [-0.3, -0.25) is 4.99 Å². The molecule has 0 radical (unpaired) electrons. The van der Waals surface area contributed by atoms with Crippen LogP contribution >= 0.6 is 24.0 Å². The average Bonchev–Trinajstić information content (AvgIpc) is 3.14. The van der Waals surface area contributed by atoms with Crippen LogP contribution in [-0.2, 0) is 6.54 Å². The van der Waals surface area contributed by atoms with Gasteiger partial charge in [0.2, 0.25) is 0 Å². The Labute approximate surface area is 170 Å². The summed E-state index contributed by atoms with van der Waals surface area (Å²) in [6.45, 7) is 7.27. The van der Waals surface area contributed by atoms with Crippen LogP contribution < -0.4 is 15.5 Å². The lowest BCUT2D eigenvalue weighted by Gasteiger charge is -2.20. The molecule has 0 aliphatic carbocycles. The summed E-state index contributed by atoms with van der Waals surface area (Å²) in [7, 11) is 1.83. The third kappa shape index (κ3) is 7.67. The van der Waals surface area contributed by atoms with E-state index in [2.05, 4.69) is 70.8 Å². The van der Waals surface area contributed by atoms with Gasteiger partial charge in [-0.05, 0) is 31.0 Å². The van der Waals surface area contributed by atoms with Crippen LogP contribution in [0.1, 0.15) is 45.1 Å². The molecule has 0 aromatic heterocycles. The maximum atomic E-state index is 4.35. The van der Waals surface area contributed by atoms with Crippen molar-refractivity contribution in [2.24, 2.45) is 4.99 Å². The fourth-order valence-electron chi connectivity index (χ4n) is 2.94. The average molecular weight is 456 g/mol. The van der Waals surface area contributed by atoms with E-state index in [-0.39, 0.29) is 24.0 Å². The lowest BCUT2D eigenvalue weighted by Crippen LogP contribution is -2.41. The van der Waals surface area contributed by atoms with Crippen molar-refractivity contribution in [1.82, 2.24) is 10.6 Å². The summed E-state index contributed by atoms with van der Waals surface area (Å²) in [5.41, 5.74) is 2.57. The predicted molar refractivity (Wildman–Crippen MR) is 120 cm³/mol. The highest BCUT2D eigenvalue weighted by Gasteiger charge is 2.09. The molecular formula is C20H33IN4. The van der Waals surface area contributed by atoms with E-state index in [4.69, 9.17) is 0 Å². The molecule has 1 aromatic rings. The number of unbranched alkanes of at least 4 members (excludes halogenated alkanes) is 2. The molecule has 1 aliphatic rings. The molecule has 1 aliphatic heterocycles. The minimum atomic E-state index is 0. The monoisotopic (exact) mass is 456 g/mol. The van der Waals surface area contributed by atoms with Gasteiger partial charge in [-0.2, -0.15) is 0 Å². The molecule has 0 spiro atoms. The zero-order valence-corrected chi connectivity index (χ0v) is 18.1. The van der Waals surface area contributed by atoms with E-state index in [0.717, 1.165) is 25.6 Å². The van der Waals surface area contributed by atoms with E-state index in [9.17, 15) is 0 Å². The predicted octanol–water partition coefficient (Wildman–Crippen LogP) is 4.31. The number of anilines is 1. The summed E-state index contributed by atoms with van der Waals surface area (Å²) >= 11 is 0. The van der Waals surface area contributed by atoms with E-state index in [1.165, 1.54) is 36.9 Å². The van der Waals surface area contributed by atoms with Crippen molar-refractivity contribution in [3.05, 3.63) is 42.0 Å². The normalized spacial score (nSPS) is 15.0. The Balaban J connectivity index is 0.00000312. The molecule has 0 saturated heterocycles. The minimum Gasteiger partial charge on any atom is -0.364 e. The summed E-state index contributed by atoms with van der Waals surface area (Å²) in [6, 6.07) is 9.19. The molecule has 0 bridgehead atoms. The molecule has 1 heterocycles. The molecular weight excluding hydrogens is 423 g/mol. The molecule has 1 atom stereocenters. The molecule has 0 amide bonds. The fraction of sp³-hybridized carbons (Fsp3) is 0.550. The summed E-state index contributed by atoms with van der Waals surface area (Å²) in [5, 5.41) is 6.91. The van der Waals surface area contributed by atoms with Gasteiger partial charge < -0.3 is 15.5 Å². The summed E-state index contributed by atoms with van der Waals surface area (Å²) < 4.78 is 0. The SMILES string of the molecule is CCCCCC(C)NC(=NC)NCc1cccc(N2CC=CC2)c1.I. The molecule has 140 valence electrons. The summed E-state index contributed by atoms with van der Waals surface area (Å²) in [5.74, 6) is 0.882. The first kappa shape index (κ1) is 21.8. The summed E-state index contributed by atoms with van der Waals surface area (Å²) in [6.07, 6.45) is 9.46. The molecule has 1 unspecified atom stereocenters. The smallest absolute Gasteiger partial charge is 0.191 e. The van der Waals surface area contributed by atoms with E-state index in [1.54, 1.807) is 0 Å². The number of hydrogen-bond donors (Lipinski definition) is 2. The van der Waals surface area contributed by atoms with Crippen molar-refractivity contribution in [3.8, 4) is 0 Å². The number of benzene rings is 1. The van der Waals surface area contributed by atoms with Crippen LogP contribution in [0.2, 0.25) is 0 Å². The highest BCUT2D eigenvalue weighted by molar-refractivity contribution is 14.0. The molecule has 4 nitrogen and oxygen atoms in total. The fourth-order valence-corrected chi connectivity index (χ4v) is 2.94. The van der Waals surface area contributed by atoms with Gasteiger partial charge in [0.15, 0.2) is 5.96 Å². The van der Waals surface area contributed by atoms with E-state index >= 15 is 0 Å². The molecule has 2 N–H and O–H groups in total. The molecule has 5 heteroatoms. The molecule has 0 fully saturated rings. The lowest BCUT2D eigenvalue weighted by molar-refractivity contribution is 0.546. The second-order valence-corrected chi connectivity index (χ2v) is 6.51. The van der Waals surface area contributed by atoms with Crippen molar-refractivity contribution < 1.29 is 0 Å². The number of nitrogens with one attached hydrogen (secondary N) is 2. The van der Waals surface area contributed by atoms with Crippen molar-refractivity contribution >= 4 is 35.6 Å². The standard InChI is InChI=1S/C20H32N4.HI/c1-4-5-6-10-17(2)23-20(21-3)22-16-18-11-9-12-19(15-18)24-13-7-8-14-24;/h7-9,11-12,15,17H,4-6,10,13-14,16H2,1-3H3,(H2,21,22,23);1H. The van der Waals surface area contributed by atoms with Crippen molar-refractivity contribution in [2.45, 2.75) is 52.1 Å². The Kier molecular flexibility index (Phi) is 10.6. The van der Waals surface area contributed by atoms with Gasteiger partial charge in [0, 0.05) is 38.4 Å². The van der Waals surface area contributed by atoms with E-state index < -0.39 is 0 Å². The Hall–Kier alpha value is -1.24. The van der Waals surface area contributed by atoms with Gasteiger partial charge in [-0.1, -0.05) is 50.5 Å². The van der Waals surface area contributed by atoms with Crippen LogP contribution in [-0.4, -0.2) is 32.1 Å². The minimum absolute atomic E-state index is 0. The quantitative estimate of drug-likeness (QED) is 0.201. The van der Waals surface area contributed by atoms with Crippen LogP contribution in [0.25, 0.3) is 0 Å². The first-order valence-electron chi connectivity index (χ1n) is 9.19. The number of halogens is 1. The first-order chi connectivity index (χ1) is 11.7. The zero-order valence-electron chi connectivity index (χ0n) is 15.8. The van der Waals surface area contributed by atoms with Crippen molar-refractivity contribution in [3.63, 3.8) is 0 Å². The van der Waals surface area contributed by atoms with Crippen LogP contribution in [0, 0.1) is 0 Å². The number of hydrogen-bond acceptors (Lipinski definition) is 2. The highest BCUT2D eigenvalue weighted by Crippen LogP contribution is 2.18. The van der Waals surface area contributed by atoms with Crippen molar-refractivity contribution in [2.75, 3.05) is 25.0 Å². The Bertz CT molecular complexity index is 548. The largest absolute Gasteiger partial charge is 0.364 e. The van der Waals surface area contributed by atoms with Gasteiger partial charge in [-0.15, -0.1) is 24.0 Å². The third-order valence-electron chi connectivity index (χ3n) is 4.40.